The predicted octanol–water partition coefficient (Wildman–Crippen LogP) is 4.43. The minimum Gasteiger partial charge on any atom is -0.299 e. The van der Waals surface area contributed by atoms with Gasteiger partial charge in [0, 0.05) is 22.0 Å². The normalized spacial score (nSPS) is 20.0. The van der Waals surface area contributed by atoms with Crippen LogP contribution in [0.3, 0.4) is 0 Å². The SMILES string of the molecule is CC(Cl)C1CCN(Cc2cc(Br)ccc2F)CC1. The van der Waals surface area contributed by atoms with Crippen LogP contribution in [0.1, 0.15) is 25.3 Å². The molecular weight excluding hydrogens is 317 g/mol. The molecule has 1 aromatic rings. The summed E-state index contributed by atoms with van der Waals surface area (Å²) in [5.41, 5.74) is 0.766. The highest BCUT2D eigenvalue weighted by Crippen LogP contribution is 2.25. The molecule has 1 aromatic carbocycles. The van der Waals surface area contributed by atoms with Gasteiger partial charge >= 0.3 is 0 Å². The van der Waals surface area contributed by atoms with Crippen molar-refractivity contribution in [1.82, 2.24) is 4.90 Å². The molecule has 0 aromatic heterocycles. The first-order valence-electron chi connectivity index (χ1n) is 6.36. The van der Waals surface area contributed by atoms with Gasteiger partial charge < -0.3 is 0 Å². The third kappa shape index (κ3) is 3.69. The van der Waals surface area contributed by atoms with Crippen LogP contribution >= 0.6 is 27.5 Å². The lowest BCUT2D eigenvalue weighted by Crippen LogP contribution is -2.35. The highest BCUT2D eigenvalue weighted by molar-refractivity contribution is 9.10. The first-order chi connectivity index (χ1) is 8.56. The summed E-state index contributed by atoms with van der Waals surface area (Å²) in [6, 6.07) is 5.12. The Labute approximate surface area is 121 Å². The van der Waals surface area contributed by atoms with Crippen LogP contribution in [0.25, 0.3) is 0 Å². The third-order valence-electron chi connectivity index (χ3n) is 3.68. The van der Waals surface area contributed by atoms with Crippen LogP contribution < -0.4 is 0 Å². The lowest BCUT2D eigenvalue weighted by molar-refractivity contribution is 0.175. The Kier molecular flexibility index (Phi) is 5.05. The molecule has 1 atom stereocenters. The molecule has 4 heteroatoms. The summed E-state index contributed by atoms with van der Waals surface area (Å²) < 4.78 is 14.6. The maximum atomic E-state index is 13.7. The van der Waals surface area contributed by atoms with Crippen LogP contribution in [0.4, 0.5) is 4.39 Å². The zero-order chi connectivity index (χ0) is 13.1. The maximum absolute atomic E-state index is 13.7. The van der Waals surface area contributed by atoms with E-state index in [2.05, 4.69) is 27.8 Å². The van der Waals surface area contributed by atoms with Crippen molar-refractivity contribution in [2.45, 2.75) is 31.7 Å². The quantitative estimate of drug-likeness (QED) is 0.739. The van der Waals surface area contributed by atoms with Crippen LogP contribution in [0, 0.1) is 11.7 Å². The van der Waals surface area contributed by atoms with Crippen molar-refractivity contribution in [3.8, 4) is 0 Å². The van der Waals surface area contributed by atoms with Crippen molar-refractivity contribution in [2.24, 2.45) is 5.92 Å². The lowest BCUT2D eigenvalue weighted by Gasteiger charge is -2.33. The number of nitrogens with zero attached hydrogens (tertiary/aromatic N) is 1. The van der Waals surface area contributed by atoms with Crippen LogP contribution in [-0.2, 0) is 6.54 Å². The van der Waals surface area contributed by atoms with Gasteiger partial charge in [-0.05, 0) is 57.0 Å². The Morgan fingerprint density at radius 1 is 1.44 bits per heavy atom. The van der Waals surface area contributed by atoms with Gasteiger partial charge in [0.2, 0.25) is 0 Å². The number of hydrogen-bond donors (Lipinski definition) is 0. The molecule has 0 aliphatic carbocycles. The first-order valence-corrected chi connectivity index (χ1v) is 7.59. The van der Waals surface area contributed by atoms with Crippen molar-refractivity contribution in [1.29, 1.82) is 0 Å². The van der Waals surface area contributed by atoms with Gasteiger partial charge in [0.1, 0.15) is 5.82 Å². The summed E-state index contributed by atoms with van der Waals surface area (Å²) in [7, 11) is 0. The van der Waals surface area contributed by atoms with Crippen molar-refractivity contribution < 1.29 is 4.39 Å². The van der Waals surface area contributed by atoms with E-state index in [0.717, 1.165) is 36.0 Å². The van der Waals surface area contributed by atoms with Gasteiger partial charge in [-0.2, -0.15) is 0 Å². The Balaban J connectivity index is 1.93. The minimum atomic E-state index is -0.119. The van der Waals surface area contributed by atoms with Crippen LogP contribution in [0.15, 0.2) is 22.7 Å². The molecule has 1 unspecified atom stereocenters. The Bertz CT molecular complexity index is 403. The maximum Gasteiger partial charge on any atom is 0.127 e. The van der Waals surface area contributed by atoms with E-state index in [9.17, 15) is 4.39 Å². The smallest absolute Gasteiger partial charge is 0.127 e. The van der Waals surface area contributed by atoms with Crippen LogP contribution in [-0.4, -0.2) is 23.4 Å². The molecule has 1 saturated heterocycles. The molecule has 0 saturated carbocycles. The van der Waals surface area contributed by atoms with E-state index in [1.165, 1.54) is 6.07 Å². The molecule has 0 radical (unpaired) electrons. The molecule has 1 nitrogen and oxygen atoms in total. The Morgan fingerprint density at radius 3 is 2.72 bits per heavy atom. The molecule has 1 aliphatic rings. The van der Waals surface area contributed by atoms with Crippen LogP contribution in [0.2, 0.25) is 0 Å². The van der Waals surface area contributed by atoms with Gasteiger partial charge in [-0.15, -0.1) is 11.6 Å². The molecular formula is C14H18BrClFN. The topological polar surface area (TPSA) is 3.24 Å². The van der Waals surface area contributed by atoms with E-state index in [4.69, 9.17) is 11.6 Å². The van der Waals surface area contributed by atoms with Crippen molar-refractivity contribution in [2.75, 3.05) is 13.1 Å². The summed E-state index contributed by atoms with van der Waals surface area (Å²) in [5, 5.41) is 0.245. The standard InChI is InChI=1S/C14H18BrClFN/c1-10(16)11-4-6-18(7-5-11)9-12-8-13(15)2-3-14(12)17/h2-3,8,10-11H,4-7,9H2,1H3. The van der Waals surface area contributed by atoms with Crippen LogP contribution in [0.5, 0.6) is 0 Å². The second-order valence-corrected chi connectivity index (χ2v) is 6.63. The second kappa shape index (κ2) is 6.36. The zero-order valence-corrected chi connectivity index (χ0v) is 12.8. The van der Waals surface area contributed by atoms with Crippen molar-refractivity contribution >= 4 is 27.5 Å². The number of alkyl halides is 1. The number of rotatable bonds is 3. The molecule has 1 fully saturated rings. The lowest BCUT2D eigenvalue weighted by atomic mass is 9.94. The molecule has 0 N–H and O–H groups in total. The van der Waals surface area contributed by atoms with Gasteiger partial charge in [-0.25, -0.2) is 4.39 Å². The molecule has 18 heavy (non-hydrogen) atoms. The largest absolute Gasteiger partial charge is 0.299 e. The highest BCUT2D eigenvalue weighted by Gasteiger charge is 2.23. The molecule has 1 aliphatic heterocycles. The molecule has 0 spiro atoms. The monoisotopic (exact) mass is 333 g/mol. The summed E-state index contributed by atoms with van der Waals surface area (Å²) >= 11 is 9.51. The van der Waals surface area contributed by atoms with Gasteiger partial charge in [-0.1, -0.05) is 15.9 Å². The number of likely N-dealkylation sites (tertiary alicyclic amines) is 1. The molecule has 0 bridgehead atoms. The molecule has 1 heterocycles. The van der Waals surface area contributed by atoms with Gasteiger partial charge in [0.25, 0.3) is 0 Å². The third-order valence-corrected chi connectivity index (χ3v) is 4.53. The van der Waals surface area contributed by atoms with Gasteiger partial charge in [0.15, 0.2) is 0 Å². The van der Waals surface area contributed by atoms with Crippen molar-refractivity contribution in [3.63, 3.8) is 0 Å². The van der Waals surface area contributed by atoms with Gasteiger partial charge in [-0.3, -0.25) is 4.90 Å². The fourth-order valence-electron chi connectivity index (χ4n) is 2.48. The molecule has 0 amide bonds. The molecule has 100 valence electrons. The summed E-state index contributed by atoms with van der Waals surface area (Å²) in [6.45, 7) is 4.77. The predicted molar refractivity (Wildman–Crippen MR) is 77.4 cm³/mol. The Morgan fingerprint density at radius 2 is 2.11 bits per heavy atom. The van der Waals surface area contributed by atoms with E-state index >= 15 is 0 Å². The summed E-state index contributed by atoms with van der Waals surface area (Å²) in [6.07, 6.45) is 2.22. The molecule has 2 rings (SSSR count). The van der Waals surface area contributed by atoms with E-state index in [1.54, 1.807) is 6.07 Å². The van der Waals surface area contributed by atoms with E-state index < -0.39 is 0 Å². The highest BCUT2D eigenvalue weighted by atomic mass is 79.9. The fourth-order valence-corrected chi connectivity index (χ4v) is 3.14. The summed E-state index contributed by atoms with van der Waals surface area (Å²) in [4.78, 5) is 2.31. The summed E-state index contributed by atoms with van der Waals surface area (Å²) in [5.74, 6) is 0.487. The van der Waals surface area contributed by atoms with Crippen molar-refractivity contribution in [3.05, 3.63) is 34.1 Å². The van der Waals surface area contributed by atoms with E-state index in [0.29, 0.717) is 12.5 Å². The number of halogens is 3. The second-order valence-electron chi connectivity index (χ2n) is 5.03. The zero-order valence-electron chi connectivity index (χ0n) is 10.5. The average molecular weight is 335 g/mol. The average Bonchev–Trinajstić information content (AvgIpc) is 2.34. The number of benzene rings is 1. The Hall–Kier alpha value is -0.120. The first kappa shape index (κ1) is 14.3. The number of hydrogen-bond acceptors (Lipinski definition) is 1. The van der Waals surface area contributed by atoms with E-state index in [1.807, 2.05) is 6.07 Å². The van der Waals surface area contributed by atoms with Gasteiger partial charge in [0.05, 0.1) is 0 Å². The minimum absolute atomic E-state index is 0.119. The van der Waals surface area contributed by atoms with E-state index in [-0.39, 0.29) is 11.2 Å². The number of piperidine rings is 1. The fraction of sp³-hybridized carbons (Fsp3) is 0.571.